The van der Waals surface area contributed by atoms with E-state index in [-0.39, 0.29) is 29.8 Å². The first-order valence-electron chi connectivity index (χ1n) is 11.5. The molecule has 3 aromatic heterocycles. The Morgan fingerprint density at radius 3 is 2.26 bits per heavy atom. The average Bonchev–Trinajstić information content (AvgIpc) is 2.98. The standard InChI is InChI=1S/C27H27N5O6/c1-34-21-11-18(12-22(35-2)25(21)37-4)24(33)20-15-31-27(38-16-19-7-5-6-10-28-19)32-26(20)30-14-17-8-9-23(36-3)29-13-17/h5-13,15H,14,16H2,1-4H3,(H,30,31,32). The van der Waals surface area contributed by atoms with Crippen LogP contribution in [0.4, 0.5) is 5.82 Å². The molecule has 1 aromatic carbocycles. The zero-order valence-corrected chi connectivity index (χ0v) is 21.4. The second-order valence-corrected chi connectivity index (χ2v) is 7.83. The first-order chi connectivity index (χ1) is 18.6. The van der Waals surface area contributed by atoms with E-state index in [1.54, 1.807) is 37.7 Å². The summed E-state index contributed by atoms with van der Waals surface area (Å²) in [5.74, 6) is 1.52. The smallest absolute Gasteiger partial charge is 0.318 e. The first-order valence-corrected chi connectivity index (χ1v) is 11.5. The Morgan fingerprint density at radius 2 is 1.66 bits per heavy atom. The second-order valence-electron chi connectivity index (χ2n) is 7.83. The van der Waals surface area contributed by atoms with Crippen molar-refractivity contribution < 1.29 is 28.5 Å². The van der Waals surface area contributed by atoms with Crippen LogP contribution in [0.3, 0.4) is 0 Å². The van der Waals surface area contributed by atoms with Crippen molar-refractivity contribution >= 4 is 11.6 Å². The largest absolute Gasteiger partial charge is 0.493 e. The van der Waals surface area contributed by atoms with Crippen LogP contribution in [-0.2, 0) is 13.2 Å². The molecule has 38 heavy (non-hydrogen) atoms. The summed E-state index contributed by atoms with van der Waals surface area (Å²) in [4.78, 5) is 30.8. The maximum atomic E-state index is 13.6. The third-order valence-electron chi connectivity index (χ3n) is 5.48. The lowest BCUT2D eigenvalue weighted by molar-refractivity contribution is 0.103. The molecule has 0 amide bonds. The lowest BCUT2D eigenvalue weighted by Crippen LogP contribution is -2.13. The minimum atomic E-state index is -0.351. The topological polar surface area (TPSA) is 127 Å². The summed E-state index contributed by atoms with van der Waals surface area (Å²) >= 11 is 0. The molecule has 1 N–H and O–H groups in total. The molecule has 0 atom stereocenters. The van der Waals surface area contributed by atoms with Crippen LogP contribution in [0.1, 0.15) is 27.2 Å². The zero-order valence-electron chi connectivity index (χ0n) is 21.4. The Kier molecular flexibility index (Phi) is 8.50. The second kappa shape index (κ2) is 12.3. The highest BCUT2D eigenvalue weighted by atomic mass is 16.5. The number of ether oxygens (including phenoxy) is 5. The van der Waals surface area contributed by atoms with Crippen LogP contribution in [0.15, 0.2) is 61.1 Å². The normalized spacial score (nSPS) is 10.4. The summed E-state index contributed by atoms with van der Waals surface area (Å²) in [7, 11) is 6.01. The van der Waals surface area contributed by atoms with E-state index >= 15 is 0 Å². The first kappa shape index (κ1) is 26.1. The molecule has 0 saturated heterocycles. The number of aromatic nitrogens is 4. The Labute approximate surface area is 219 Å². The lowest BCUT2D eigenvalue weighted by Gasteiger charge is -2.15. The van der Waals surface area contributed by atoms with Gasteiger partial charge in [-0.15, -0.1) is 0 Å². The summed E-state index contributed by atoms with van der Waals surface area (Å²) in [5.41, 5.74) is 2.10. The van der Waals surface area contributed by atoms with Crippen LogP contribution >= 0.6 is 0 Å². The van der Waals surface area contributed by atoms with Crippen LogP contribution < -0.4 is 29.0 Å². The third kappa shape index (κ3) is 6.06. The lowest BCUT2D eigenvalue weighted by atomic mass is 10.0. The van der Waals surface area contributed by atoms with Gasteiger partial charge in [0.05, 0.1) is 39.7 Å². The molecule has 3 heterocycles. The SMILES string of the molecule is COc1ccc(CNc2nc(OCc3ccccn3)ncc2C(=O)c2cc(OC)c(OC)c(OC)c2)cn1. The van der Waals surface area contributed by atoms with E-state index in [4.69, 9.17) is 23.7 Å². The molecule has 11 heteroatoms. The number of hydrogen-bond acceptors (Lipinski definition) is 11. The van der Waals surface area contributed by atoms with Gasteiger partial charge in [0.15, 0.2) is 17.3 Å². The van der Waals surface area contributed by atoms with Gasteiger partial charge in [-0.3, -0.25) is 9.78 Å². The van der Waals surface area contributed by atoms with E-state index in [0.29, 0.717) is 40.9 Å². The van der Waals surface area contributed by atoms with Crippen molar-refractivity contribution in [1.82, 2.24) is 19.9 Å². The van der Waals surface area contributed by atoms with Crippen molar-refractivity contribution in [2.75, 3.05) is 33.8 Å². The monoisotopic (exact) mass is 517 g/mol. The Morgan fingerprint density at radius 1 is 0.868 bits per heavy atom. The van der Waals surface area contributed by atoms with Crippen molar-refractivity contribution in [2.45, 2.75) is 13.2 Å². The molecule has 4 aromatic rings. The number of ketones is 1. The number of methoxy groups -OCH3 is 4. The molecule has 196 valence electrons. The van der Waals surface area contributed by atoms with Crippen LogP contribution in [0.2, 0.25) is 0 Å². The molecule has 0 unspecified atom stereocenters. The van der Waals surface area contributed by atoms with Crippen molar-refractivity contribution in [2.24, 2.45) is 0 Å². The van der Waals surface area contributed by atoms with Crippen LogP contribution in [0, 0.1) is 0 Å². The summed E-state index contributed by atoms with van der Waals surface area (Å²) in [6.07, 6.45) is 4.77. The van der Waals surface area contributed by atoms with E-state index in [1.807, 2.05) is 24.3 Å². The number of benzene rings is 1. The Balaban J connectivity index is 1.66. The Hall–Kier alpha value is -4.93. The molecule has 0 bridgehead atoms. The average molecular weight is 518 g/mol. The van der Waals surface area contributed by atoms with Gasteiger partial charge in [-0.1, -0.05) is 12.1 Å². The number of hydrogen-bond donors (Lipinski definition) is 1. The van der Waals surface area contributed by atoms with Gasteiger partial charge in [0, 0.05) is 36.8 Å². The quantitative estimate of drug-likeness (QED) is 0.276. The van der Waals surface area contributed by atoms with E-state index in [0.717, 1.165) is 5.56 Å². The molecule has 0 aliphatic rings. The molecule has 11 nitrogen and oxygen atoms in total. The Bertz CT molecular complexity index is 1360. The maximum absolute atomic E-state index is 13.6. The van der Waals surface area contributed by atoms with Gasteiger partial charge in [-0.05, 0) is 29.8 Å². The van der Waals surface area contributed by atoms with Crippen LogP contribution in [0.25, 0.3) is 0 Å². The molecule has 0 radical (unpaired) electrons. The number of anilines is 1. The van der Waals surface area contributed by atoms with E-state index in [2.05, 4.69) is 25.3 Å². The van der Waals surface area contributed by atoms with Crippen molar-refractivity contribution in [3.05, 3.63) is 83.4 Å². The number of carbonyl (C=O) groups is 1. The highest BCUT2D eigenvalue weighted by Gasteiger charge is 2.22. The van der Waals surface area contributed by atoms with E-state index in [9.17, 15) is 4.79 Å². The van der Waals surface area contributed by atoms with Gasteiger partial charge in [0.1, 0.15) is 12.4 Å². The summed E-state index contributed by atoms with van der Waals surface area (Å²) < 4.78 is 27.0. The van der Waals surface area contributed by atoms with Gasteiger partial charge in [-0.2, -0.15) is 4.98 Å². The molecule has 0 aliphatic carbocycles. The van der Waals surface area contributed by atoms with Crippen LogP contribution in [0.5, 0.6) is 29.1 Å². The fraction of sp³-hybridized carbons (Fsp3) is 0.222. The number of carbonyl (C=O) groups excluding carboxylic acids is 1. The van der Waals surface area contributed by atoms with Gasteiger partial charge in [0.25, 0.3) is 0 Å². The van der Waals surface area contributed by atoms with E-state index < -0.39 is 0 Å². The predicted octanol–water partition coefficient (Wildman–Crippen LogP) is 3.72. The van der Waals surface area contributed by atoms with Crippen LogP contribution in [-0.4, -0.2) is 54.2 Å². The molecule has 0 fully saturated rings. The molecule has 4 rings (SSSR count). The molecular formula is C27H27N5O6. The molecule has 0 aliphatic heterocycles. The summed E-state index contributed by atoms with van der Waals surface area (Å²) in [5, 5.41) is 3.20. The van der Waals surface area contributed by atoms with Gasteiger partial charge < -0.3 is 29.0 Å². The van der Waals surface area contributed by atoms with Gasteiger partial charge in [0.2, 0.25) is 11.6 Å². The molecule has 0 saturated carbocycles. The molecule has 0 spiro atoms. The summed E-state index contributed by atoms with van der Waals surface area (Å²) in [6.45, 7) is 0.506. The van der Waals surface area contributed by atoms with Crippen molar-refractivity contribution in [3.63, 3.8) is 0 Å². The number of nitrogens with zero attached hydrogens (tertiary/aromatic N) is 4. The highest BCUT2D eigenvalue weighted by molar-refractivity contribution is 6.12. The molecular weight excluding hydrogens is 490 g/mol. The van der Waals surface area contributed by atoms with Gasteiger partial charge >= 0.3 is 6.01 Å². The fourth-order valence-corrected chi connectivity index (χ4v) is 3.55. The minimum Gasteiger partial charge on any atom is -0.493 e. The number of rotatable bonds is 12. The number of pyridine rings is 2. The van der Waals surface area contributed by atoms with Crippen molar-refractivity contribution in [1.29, 1.82) is 0 Å². The maximum Gasteiger partial charge on any atom is 0.318 e. The number of nitrogens with one attached hydrogen (secondary N) is 1. The van der Waals surface area contributed by atoms with Gasteiger partial charge in [-0.25, -0.2) is 9.97 Å². The van der Waals surface area contributed by atoms with Crippen molar-refractivity contribution in [3.8, 4) is 29.1 Å². The minimum absolute atomic E-state index is 0.0902. The fourth-order valence-electron chi connectivity index (χ4n) is 3.55. The van der Waals surface area contributed by atoms with E-state index in [1.165, 1.54) is 27.5 Å². The third-order valence-corrected chi connectivity index (χ3v) is 5.48. The predicted molar refractivity (Wildman–Crippen MR) is 138 cm³/mol. The zero-order chi connectivity index (χ0) is 26.9. The highest BCUT2D eigenvalue weighted by Crippen LogP contribution is 2.39. The summed E-state index contributed by atoms with van der Waals surface area (Å²) in [6, 6.07) is 12.4.